The maximum absolute atomic E-state index is 14.6. The Bertz CT molecular complexity index is 411. The van der Waals surface area contributed by atoms with Crippen molar-refractivity contribution in [2.75, 3.05) is 13.2 Å². The molecule has 2 rings (SSSR count). The van der Waals surface area contributed by atoms with Gasteiger partial charge in [0, 0.05) is 12.8 Å². The van der Waals surface area contributed by atoms with E-state index in [1.54, 1.807) is 24.3 Å². The fourth-order valence-electron chi connectivity index (χ4n) is 2.17. The number of carbonyl (C=O) groups is 1. The Balaban J connectivity index is 2.23. The zero-order chi connectivity index (χ0) is 12.3. The summed E-state index contributed by atoms with van der Waals surface area (Å²) in [5.74, 6) is -0.865. The first-order valence-corrected chi connectivity index (χ1v) is 5.69. The first kappa shape index (κ1) is 12.0. The molecule has 1 aliphatic heterocycles. The maximum Gasteiger partial charge on any atom is 0.303 e. The second kappa shape index (κ2) is 4.84. The van der Waals surface area contributed by atoms with Crippen LogP contribution in [-0.2, 0) is 21.6 Å². The molecule has 1 unspecified atom stereocenters. The molecular weight excluding hydrogens is 223 g/mol. The van der Waals surface area contributed by atoms with Gasteiger partial charge in [-0.05, 0) is 17.5 Å². The summed E-state index contributed by atoms with van der Waals surface area (Å²) in [7, 11) is 0. The Morgan fingerprint density at radius 3 is 2.88 bits per heavy atom. The topological polar surface area (TPSA) is 46.5 Å². The zero-order valence-electron chi connectivity index (χ0n) is 9.49. The number of halogens is 1. The molecule has 1 N–H and O–H groups in total. The average Bonchev–Trinajstić information content (AvgIpc) is 2.75. The Labute approximate surface area is 99.2 Å². The van der Waals surface area contributed by atoms with Crippen LogP contribution in [0.3, 0.4) is 0 Å². The first-order chi connectivity index (χ1) is 8.12. The number of rotatable bonds is 4. The van der Waals surface area contributed by atoms with Gasteiger partial charge in [-0.15, -0.1) is 0 Å². The lowest BCUT2D eigenvalue weighted by Crippen LogP contribution is -2.22. The van der Waals surface area contributed by atoms with Gasteiger partial charge in [0.05, 0.1) is 13.2 Å². The zero-order valence-corrected chi connectivity index (χ0v) is 9.49. The molecule has 4 heteroatoms. The normalized spacial score (nSPS) is 23.8. The fourth-order valence-corrected chi connectivity index (χ4v) is 2.17. The van der Waals surface area contributed by atoms with Crippen molar-refractivity contribution in [3.63, 3.8) is 0 Å². The van der Waals surface area contributed by atoms with Crippen molar-refractivity contribution in [2.45, 2.75) is 24.9 Å². The minimum Gasteiger partial charge on any atom is -0.481 e. The number of alkyl halides is 1. The van der Waals surface area contributed by atoms with Crippen molar-refractivity contribution >= 4 is 5.97 Å². The minimum absolute atomic E-state index is 0.0218. The number of hydrogen-bond acceptors (Lipinski definition) is 2. The molecule has 0 amide bonds. The highest BCUT2D eigenvalue weighted by molar-refractivity contribution is 5.67. The van der Waals surface area contributed by atoms with Gasteiger partial charge in [0.2, 0.25) is 0 Å². The minimum atomic E-state index is -1.45. The Morgan fingerprint density at radius 1 is 1.47 bits per heavy atom. The second-order valence-electron chi connectivity index (χ2n) is 4.32. The van der Waals surface area contributed by atoms with E-state index < -0.39 is 11.6 Å². The molecular formula is C13H15FO3. The number of benzene rings is 1. The summed E-state index contributed by atoms with van der Waals surface area (Å²) in [5, 5.41) is 8.68. The molecule has 0 aromatic heterocycles. The van der Waals surface area contributed by atoms with Gasteiger partial charge in [0.25, 0.3) is 0 Å². The van der Waals surface area contributed by atoms with Gasteiger partial charge in [-0.2, -0.15) is 0 Å². The molecule has 17 heavy (non-hydrogen) atoms. The van der Waals surface area contributed by atoms with Gasteiger partial charge >= 0.3 is 5.97 Å². The van der Waals surface area contributed by atoms with E-state index >= 15 is 0 Å². The highest BCUT2D eigenvalue weighted by Crippen LogP contribution is 2.36. The monoisotopic (exact) mass is 238 g/mol. The summed E-state index contributed by atoms with van der Waals surface area (Å²) in [6, 6.07) is 7.10. The van der Waals surface area contributed by atoms with Gasteiger partial charge in [-0.25, -0.2) is 4.39 Å². The summed E-state index contributed by atoms with van der Waals surface area (Å²) < 4.78 is 19.7. The van der Waals surface area contributed by atoms with E-state index in [2.05, 4.69) is 0 Å². The largest absolute Gasteiger partial charge is 0.481 e. The van der Waals surface area contributed by atoms with Crippen molar-refractivity contribution in [1.29, 1.82) is 0 Å². The van der Waals surface area contributed by atoms with Crippen LogP contribution in [0.25, 0.3) is 0 Å². The summed E-state index contributed by atoms with van der Waals surface area (Å²) in [5.41, 5.74) is -0.101. The molecule has 1 aromatic carbocycles. The number of carboxylic acid groups (broad SMARTS) is 1. The predicted molar refractivity (Wildman–Crippen MR) is 60.6 cm³/mol. The highest BCUT2D eigenvalue weighted by atomic mass is 19.1. The standard InChI is InChI=1S/C13H15FO3/c14-13(7-8-17-9-13)11-4-2-1-3-10(11)5-6-12(15)16/h1-4H,5-9H2,(H,15,16). The lowest BCUT2D eigenvalue weighted by Gasteiger charge is -2.21. The van der Waals surface area contributed by atoms with E-state index in [9.17, 15) is 9.18 Å². The van der Waals surface area contributed by atoms with Gasteiger partial charge in [0.1, 0.15) is 0 Å². The summed E-state index contributed by atoms with van der Waals surface area (Å²) in [6.45, 7) is 0.487. The van der Waals surface area contributed by atoms with Crippen LogP contribution in [0.2, 0.25) is 0 Å². The molecule has 1 aromatic rings. The Kier molecular flexibility index (Phi) is 3.43. The van der Waals surface area contributed by atoms with Crippen LogP contribution in [-0.4, -0.2) is 24.3 Å². The highest BCUT2D eigenvalue weighted by Gasteiger charge is 2.38. The lowest BCUT2D eigenvalue weighted by molar-refractivity contribution is -0.136. The molecule has 0 aliphatic carbocycles. The molecule has 1 fully saturated rings. The van der Waals surface area contributed by atoms with Crippen molar-refractivity contribution in [3.8, 4) is 0 Å². The third-order valence-corrected chi connectivity index (χ3v) is 3.08. The molecule has 3 nitrogen and oxygen atoms in total. The number of aliphatic carboxylic acids is 1. The van der Waals surface area contributed by atoms with E-state index in [4.69, 9.17) is 9.84 Å². The van der Waals surface area contributed by atoms with E-state index in [0.717, 1.165) is 5.56 Å². The van der Waals surface area contributed by atoms with Crippen LogP contribution >= 0.6 is 0 Å². The molecule has 0 spiro atoms. The van der Waals surface area contributed by atoms with Crippen LogP contribution in [0.1, 0.15) is 24.0 Å². The summed E-state index contributed by atoms with van der Waals surface area (Å²) >= 11 is 0. The van der Waals surface area contributed by atoms with E-state index in [0.29, 0.717) is 25.0 Å². The van der Waals surface area contributed by atoms with E-state index in [-0.39, 0.29) is 13.0 Å². The molecule has 92 valence electrons. The van der Waals surface area contributed by atoms with Crippen LogP contribution in [0, 0.1) is 0 Å². The Morgan fingerprint density at radius 2 is 2.24 bits per heavy atom. The first-order valence-electron chi connectivity index (χ1n) is 5.69. The Hall–Kier alpha value is -1.42. The molecule has 1 aliphatic rings. The number of hydrogen-bond donors (Lipinski definition) is 1. The van der Waals surface area contributed by atoms with Crippen LogP contribution in [0.4, 0.5) is 4.39 Å². The molecule has 1 saturated heterocycles. The smallest absolute Gasteiger partial charge is 0.303 e. The van der Waals surface area contributed by atoms with Gasteiger partial charge in [0.15, 0.2) is 5.67 Å². The lowest BCUT2D eigenvalue weighted by atomic mass is 9.89. The number of aryl methyl sites for hydroxylation is 1. The number of ether oxygens (including phenoxy) is 1. The van der Waals surface area contributed by atoms with Crippen LogP contribution in [0.15, 0.2) is 24.3 Å². The number of carboxylic acids is 1. The second-order valence-corrected chi connectivity index (χ2v) is 4.32. The fraction of sp³-hybridized carbons (Fsp3) is 0.462. The van der Waals surface area contributed by atoms with Gasteiger partial charge in [-0.3, -0.25) is 4.79 Å². The van der Waals surface area contributed by atoms with Crippen molar-refractivity contribution in [3.05, 3.63) is 35.4 Å². The average molecular weight is 238 g/mol. The van der Waals surface area contributed by atoms with Gasteiger partial charge < -0.3 is 9.84 Å². The van der Waals surface area contributed by atoms with Crippen molar-refractivity contribution in [2.24, 2.45) is 0 Å². The molecule has 1 atom stereocenters. The van der Waals surface area contributed by atoms with Crippen molar-refractivity contribution < 1.29 is 19.0 Å². The maximum atomic E-state index is 14.6. The van der Waals surface area contributed by atoms with Gasteiger partial charge in [-0.1, -0.05) is 24.3 Å². The van der Waals surface area contributed by atoms with E-state index in [1.807, 2.05) is 0 Å². The quantitative estimate of drug-likeness (QED) is 0.875. The molecule has 0 bridgehead atoms. The molecule has 1 heterocycles. The van der Waals surface area contributed by atoms with E-state index in [1.165, 1.54) is 0 Å². The summed E-state index contributed by atoms with van der Waals surface area (Å²) in [6.07, 6.45) is 0.724. The molecule has 0 radical (unpaired) electrons. The van der Waals surface area contributed by atoms with Crippen molar-refractivity contribution in [1.82, 2.24) is 0 Å². The third-order valence-electron chi connectivity index (χ3n) is 3.08. The van der Waals surface area contributed by atoms with Crippen LogP contribution in [0.5, 0.6) is 0 Å². The van der Waals surface area contributed by atoms with Crippen LogP contribution < -0.4 is 0 Å². The molecule has 0 saturated carbocycles. The third kappa shape index (κ3) is 2.64. The SMILES string of the molecule is O=C(O)CCc1ccccc1C1(F)CCOC1. The summed E-state index contributed by atoms with van der Waals surface area (Å²) in [4.78, 5) is 10.6. The predicted octanol–water partition coefficient (Wildman–Crippen LogP) is 2.29.